The van der Waals surface area contributed by atoms with Gasteiger partial charge in [-0.3, -0.25) is 4.99 Å². The minimum Gasteiger partial charge on any atom is -0.382 e. The number of rotatable bonds is 3. The van der Waals surface area contributed by atoms with Crippen LogP contribution in [0.4, 0.5) is 0 Å². The Labute approximate surface area is 101 Å². The summed E-state index contributed by atoms with van der Waals surface area (Å²) in [5.41, 5.74) is 7.06. The third kappa shape index (κ3) is 2.64. The molecule has 0 bridgehead atoms. The summed E-state index contributed by atoms with van der Waals surface area (Å²) in [6, 6.07) is 0.444. The maximum absolute atomic E-state index is 6.07. The van der Waals surface area contributed by atoms with Gasteiger partial charge in [-0.25, -0.2) is 0 Å². The van der Waals surface area contributed by atoms with Crippen molar-refractivity contribution in [3.05, 3.63) is 10.7 Å². The van der Waals surface area contributed by atoms with Crippen molar-refractivity contribution in [1.82, 2.24) is 10.6 Å². The van der Waals surface area contributed by atoms with Crippen LogP contribution in [-0.4, -0.2) is 31.2 Å². The van der Waals surface area contributed by atoms with Gasteiger partial charge in [0.2, 0.25) is 0 Å². The molecule has 0 aromatic rings. The smallest absolute Gasteiger partial charge is 0.145 e. The molecular formula is C11H20N4S. The van der Waals surface area contributed by atoms with Crippen molar-refractivity contribution in [2.45, 2.75) is 31.7 Å². The first-order valence-corrected chi connectivity index (χ1v) is 6.92. The second-order valence-corrected chi connectivity index (χ2v) is 5.29. The molecule has 0 aromatic heterocycles. The van der Waals surface area contributed by atoms with Gasteiger partial charge in [-0.1, -0.05) is 12.8 Å². The third-order valence-electron chi connectivity index (χ3n) is 3.01. The van der Waals surface area contributed by atoms with E-state index in [9.17, 15) is 0 Å². The van der Waals surface area contributed by atoms with E-state index in [2.05, 4.69) is 15.6 Å². The first-order chi connectivity index (χ1) is 7.81. The molecule has 0 aromatic carbocycles. The van der Waals surface area contributed by atoms with Crippen molar-refractivity contribution < 1.29 is 0 Å². The van der Waals surface area contributed by atoms with E-state index in [1.807, 2.05) is 7.05 Å². The van der Waals surface area contributed by atoms with E-state index in [0.29, 0.717) is 11.9 Å². The molecule has 1 heterocycles. The van der Waals surface area contributed by atoms with Crippen molar-refractivity contribution in [2.75, 3.05) is 19.3 Å². The number of hydrogen-bond donors (Lipinski definition) is 3. The topological polar surface area (TPSA) is 62.4 Å². The molecule has 4 N–H and O–H groups in total. The molecule has 1 aliphatic carbocycles. The van der Waals surface area contributed by atoms with Gasteiger partial charge in [-0.15, -0.1) is 11.8 Å². The maximum atomic E-state index is 6.07. The molecule has 90 valence electrons. The van der Waals surface area contributed by atoms with Gasteiger partial charge in [0, 0.05) is 19.3 Å². The van der Waals surface area contributed by atoms with Gasteiger partial charge < -0.3 is 16.4 Å². The van der Waals surface area contributed by atoms with Crippen LogP contribution in [0.5, 0.6) is 0 Å². The Balaban J connectivity index is 2.11. The van der Waals surface area contributed by atoms with Gasteiger partial charge in [-0.2, -0.15) is 0 Å². The summed E-state index contributed by atoms with van der Waals surface area (Å²) in [6.45, 7) is 0.964. The van der Waals surface area contributed by atoms with Gasteiger partial charge in [0.1, 0.15) is 11.5 Å². The van der Waals surface area contributed by atoms with Gasteiger partial charge in [0.05, 0.1) is 11.1 Å². The van der Waals surface area contributed by atoms with Crippen LogP contribution in [0.15, 0.2) is 15.7 Å². The summed E-state index contributed by atoms with van der Waals surface area (Å²) < 4.78 is 0. The van der Waals surface area contributed by atoms with Gasteiger partial charge in [0.15, 0.2) is 0 Å². The van der Waals surface area contributed by atoms with E-state index in [4.69, 9.17) is 5.73 Å². The maximum Gasteiger partial charge on any atom is 0.145 e. The molecule has 1 aliphatic heterocycles. The molecule has 0 amide bonds. The highest BCUT2D eigenvalue weighted by atomic mass is 32.2. The predicted octanol–water partition coefficient (Wildman–Crippen LogP) is 1.01. The number of nitrogens with two attached hydrogens (primary N) is 1. The van der Waals surface area contributed by atoms with Crippen molar-refractivity contribution in [1.29, 1.82) is 0 Å². The molecule has 0 atom stereocenters. The Morgan fingerprint density at radius 2 is 2.25 bits per heavy atom. The van der Waals surface area contributed by atoms with E-state index >= 15 is 0 Å². The molecule has 4 nitrogen and oxygen atoms in total. The lowest BCUT2D eigenvalue weighted by molar-refractivity contribution is 0.703. The Morgan fingerprint density at radius 1 is 1.50 bits per heavy atom. The molecule has 2 rings (SSSR count). The van der Waals surface area contributed by atoms with Crippen molar-refractivity contribution in [3.63, 3.8) is 0 Å². The van der Waals surface area contributed by atoms with Crippen LogP contribution in [0.3, 0.4) is 0 Å². The molecule has 0 unspecified atom stereocenters. The van der Waals surface area contributed by atoms with E-state index in [-0.39, 0.29) is 0 Å². The molecule has 1 fully saturated rings. The highest BCUT2D eigenvalue weighted by molar-refractivity contribution is 8.03. The highest BCUT2D eigenvalue weighted by Crippen LogP contribution is 2.23. The van der Waals surface area contributed by atoms with Crippen molar-refractivity contribution in [3.8, 4) is 0 Å². The summed E-state index contributed by atoms with van der Waals surface area (Å²) in [4.78, 5) is 4.62. The fourth-order valence-electron chi connectivity index (χ4n) is 2.18. The number of nitrogens with zero attached hydrogens (tertiary/aromatic N) is 1. The van der Waals surface area contributed by atoms with Crippen molar-refractivity contribution in [2.24, 2.45) is 10.7 Å². The van der Waals surface area contributed by atoms with Gasteiger partial charge in [-0.05, 0) is 12.8 Å². The number of thioether (sulfide) groups is 1. The monoisotopic (exact) mass is 240 g/mol. The second-order valence-electron chi connectivity index (χ2n) is 4.18. The van der Waals surface area contributed by atoms with Gasteiger partial charge >= 0.3 is 0 Å². The first kappa shape index (κ1) is 11.6. The molecule has 16 heavy (non-hydrogen) atoms. The lowest BCUT2D eigenvalue weighted by Crippen LogP contribution is -2.35. The van der Waals surface area contributed by atoms with Crippen LogP contribution in [0.2, 0.25) is 0 Å². The Hall–Kier alpha value is -0.840. The van der Waals surface area contributed by atoms with E-state index in [0.717, 1.165) is 23.0 Å². The quantitative estimate of drug-likeness (QED) is 0.509. The average molecular weight is 240 g/mol. The average Bonchev–Trinajstić information content (AvgIpc) is 2.81. The minimum absolute atomic E-state index is 0.444. The van der Waals surface area contributed by atoms with E-state index in [1.165, 1.54) is 25.7 Å². The fraction of sp³-hybridized carbons (Fsp3) is 0.727. The second kappa shape index (κ2) is 5.48. The zero-order chi connectivity index (χ0) is 11.4. The van der Waals surface area contributed by atoms with Crippen LogP contribution >= 0.6 is 11.8 Å². The SMILES string of the molecule is CNC1=C(C(N)=NC2CCCC2)NCCS1. The summed E-state index contributed by atoms with van der Waals surface area (Å²) in [6.07, 6.45) is 4.97. The normalized spacial score (nSPS) is 23.4. The van der Waals surface area contributed by atoms with Crippen LogP contribution in [0.1, 0.15) is 25.7 Å². The zero-order valence-electron chi connectivity index (χ0n) is 9.75. The van der Waals surface area contributed by atoms with Crippen LogP contribution in [-0.2, 0) is 0 Å². The van der Waals surface area contributed by atoms with E-state index in [1.54, 1.807) is 11.8 Å². The number of nitrogens with one attached hydrogen (secondary N) is 2. The number of aliphatic imine (C=N–C) groups is 1. The number of amidine groups is 1. The van der Waals surface area contributed by atoms with E-state index < -0.39 is 0 Å². The van der Waals surface area contributed by atoms with Crippen molar-refractivity contribution >= 4 is 17.6 Å². The largest absolute Gasteiger partial charge is 0.382 e. The molecule has 0 spiro atoms. The summed E-state index contributed by atoms with van der Waals surface area (Å²) in [5, 5.41) is 7.63. The molecule has 0 radical (unpaired) electrons. The first-order valence-electron chi connectivity index (χ1n) is 5.93. The number of hydrogen-bond acceptors (Lipinski definition) is 4. The minimum atomic E-state index is 0.444. The molecule has 2 aliphatic rings. The molecular weight excluding hydrogens is 220 g/mol. The fourth-order valence-corrected chi connectivity index (χ4v) is 3.05. The predicted molar refractivity (Wildman–Crippen MR) is 70.4 cm³/mol. The van der Waals surface area contributed by atoms with Crippen LogP contribution in [0.25, 0.3) is 0 Å². The summed E-state index contributed by atoms with van der Waals surface area (Å²) >= 11 is 1.80. The van der Waals surface area contributed by atoms with Crippen LogP contribution < -0.4 is 16.4 Å². The van der Waals surface area contributed by atoms with Gasteiger partial charge in [0.25, 0.3) is 0 Å². The van der Waals surface area contributed by atoms with Crippen LogP contribution in [0, 0.1) is 0 Å². The molecule has 5 heteroatoms. The Morgan fingerprint density at radius 3 is 2.94 bits per heavy atom. The summed E-state index contributed by atoms with van der Waals surface area (Å²) in [7, 11) is 1.93. The zero-order valence-corrected chi connectivity index (χ0v) is 10.6. The highest BCUT2D eigenvalue weighted by Gasteiger charge is 2.18. The summed E-state index contributed by atoms with van der Waals surface area (Å²) in [5.74, 6) is 1.75. The molecule has 1 saturated carbocycles. The lowest BCUT2D eigenvalue weighted by atomic mass is 10.2. The molecule has 0 saturated heterocycles. The standard InChI is InChI=1S/C11H20N4S/c1-13-11-9(14-6-7-16-11)10(12)15-8-4-2-3-5-8/h8,13-14H,2-7H2,1H3,(H2,12,15). The Kier molecular flexibility index (Phi) is 3.98. The Bertz CT molecular complexity index is 305. The lowest BCUT2D eigenvalue weighted by Gasteiger charge is -2.21. The third-order valence-corrected chi connectivity index (χ3v) is 4.11.